The van der Waals surface area contributed by atoms with Crippen LogP contribution in [0.4, 0.5) is 0 Å². The molecule has 0 aliphatic carbocycles. The maximum absolute atomic E-state index is 11.4. The van der Waals surface area contributed by atoms with Crippen molar-refractivity contribution in [1.29, 1.82) is 0 Å². The number of benzene rings is 1. The standard InChI is InChI=1S/C15H20BrN3O2/c1-17-12(5-4-9-3-2-6-21-9)10-7-13-14(8-11(10)16)19-15(20)18-13/h7-9,12,17H,2-6H2,1H3,(H2,18,19,20). The summed E-state index contributed by atoms with van der Waals surface area (Å²) in [6, 6.07) is 4.24. The smallest absolute Gasteiger partial charge is 0.323 e. The number of aromatic nitrogens is 2. The molecule has 0 bridgehead atoms. The van der Waals surface area contributed by atoms with Gasteiger partial charge in [-0.25, -0.2) is 4.79 Å². The van der Waals surface area contributed by atoms with E-state index in [0.29, 0.717) is 6.10 Å². The normalized spacial score (nSPS) is 20.2. The molecule has 21 heavy (non-hydrogen) atoms. The minimum Gasteiger partial charge on any atom is -0.378 e. The summed E-state index contributed by atoms with van der Waals surface area (Å²) in [6.07, 6.45) is 4.81. The lowest BCUT2D eigenvalue weighted by Gasteiger charge is -2.20. The molecule has 2 unspecified atom stereocenters. The average molecular weight is 354 g/mol. The molecule has 2 aromatic rings. The fraction of sp³-hybridized carbons (Fsp3) is 0.533. The molecule has 1 aliphatic rings. The summed E-state index contributed by atoms with van der Waals surface area (Å²) in [5, 5.41) is 3.37. The van der Waals surface area contributed by atoms with Crippen LogP contribution in [0.3, 0.4) is 0 Å². The zero-order valence-electron chi connectivity index (χ0n) is 12.0. The van der Waals surface area contributed by atoms with Crippen molar-refractivity contribution in [2.75, 3.05) is 13.7 Å². The quantitative estimate of drug-likeness (QED) is 0.773. The molecule has 3 N–H and O–H groups in total. The van der Waals surface area contributed by atoms with E-state index >= 15 is 0 Å². The molecule has 1 aliphatic heterocycles. The fourth-order valence-corrected chi connectivity index (χ4v) is 3.64. The van der Waals surface area contributed by atoms with Gasteiger partial charge in [-0.15, -0.1) is 0 Å². The van der Waals surface area contributed by atoms with Crippen molar-refractivity contribution in [3.8, 4) is 0 Å². The van der Waals surface area contributed by atoms with Gasteiger partial charge < -0.3 is 20.0 Å². The predicted octanol–water partition coefficient (Wildman–Crippen LogP) is 2.84. The molecule has 2 heterocycles. The predicted molar refractivity (Wildman–Crippen MR) is 86.6 cm³/mol. The summed E-state index contributed by atoms with van der Waals surface area (Å²) in [5.74, 6) is 0. The van der Waals surface area contributed by atoms with Crippen LogP contribution >= 0.6 is 15.9 Å². The molecule has 1 saturated heterocycles. The van der Waals surface area contributed by atoms with Crippen LogP contribution in [0, 0.1) is 0 Å². The van der Waals surface area contributed by atoms with E-state index in [2.05, 4.69) is 31.2 Å². The Morgan fingerprint density at radius 2 is 2.19 bits per heavy atom. The number of imidazole rings is 1. The number of H-pyrrole nitrogens is 2. The molecule has 0 amide bonds. The van der Waals surface area contributed by atoms with Crippen molar-refractivity contribution >= 4 is 27.0 Å². The Hall–Kier alpha value is -1.11. The average Bonchev–Trinajstić information content (AvgIpc) is 3.08. The molecular weight excluding hydrogens is 334 g/mol. The molecule has 114 valence electrons. The number of nitrogens with one attached hydrogen (secondary N) is 3. The van der Waals surface area contributed by atoms with Crippen LogP contribution in [0.2, 0.25) is 0 Å². The Balaban J connectivity index is 1.81. The summed E-state index contributed by atoms with van der Waals surface area (Å²) >= 11 is 3.61. The molecule has 0 radical (unpaired) electrons. The van der Waals surface area contributed by atoms with Crippen molar-refractivity contribution in [2.24, 2.45) is 0 Å². The van der Waals surface area contributed by atoms with Crippen LogP contribution in [0.15, 0.2) is 21.4 Å². The number of aromatic amines is 2. The Morgan fingerprint density at radius 1 is 1.43 bits per heavy atom. The number of hydrogen-bond donors (Lipinski definition) is 3. The highest BCUT2D eigenvalue weighted by Crippen LogP contribution is 2.31. The van der Waals surface area contributed by atoms with Crippen LogP contribution in [0.25, 0.3) is 11.0 Å². The summed E-state index contributed by atoms with van der Waals surface area (Å²) in [7, 11) is 1.97. The van der Waals surface area contributed by atoms with E-state index in [4.69, 9.17) is 4.74 Å². The van der Waals surface area contributed by atoms with Crippen LogP contribution in [0.1, 0.15) is 37.3 Å². The van der Waals surface area contributed by atoms with Crippen LogP contribution < -0.4 is 11.0 Å². The number of halogens is 1. The monoisotopic (exact) mass is 353 g/mol. The fourth-order valence-electron chi connectivity index (χ4n) is 3.02. The molecule has 1 aromatic heterocycles. The van der Waals surface area contributed by atoms with Gasteiger partial charge in [-0.2, -0.15) is 0 Å². The zero-order valence-corrected chi connectivity index (χ0v) is 13.6. The van der Waals surface area contributed by atoms with E-state index in [9.17, 15) is 4.79 Å². The second-order valence-electron chi connectivity index (χ2n) is 5.55. The molecular formula is C15H20BrN3O2. The third-order valence-electron chi connectivity index (χ3n) is 4.16. The van der Waals surface area contributed by atoms with Crippen molar-refractivity contribution in [1.82, 2.24) is 15.3 Å². The summed E-state index contributed by atoms with van der Waals surface area (Å²) in [4.78, 5) is 17.0. The lowest BCUT2D eigenvalue weighted by molar-refractivity contribution is 0.0998. The number of fused-ring (bicyclic) bond motifs is 1. The second-order valence-corrected chi connectivity index (χ2v) is 6.41. The van der Waals surface area contributed by atoms with Gasteiger partial charge in [0.05, 0.1) is 17.1 Å². The third kappa shape index (κ3) is 3.22. The Kier molecular flexibility index (Phi) is 4.47. The SMILES string of the molecule is CNC(CCC1CCCO1)c1cc2[nH]c(=O)[nH]c2cc1Br. The van der Waals surface area contributed by atoms with Gasteiger partial charge in [-0.3, -0.25) is 0 Å². The highest BCUT2D eigenvalue weighted by molar-refractivity contribution is 9.10. The maximum Gasteiger partial charge on any atom is 0.323 e. The lowest BCUT2D eigenvalue weighted by atomic mass is 9.99. The van der Waals surface area contributed by atoms with Gasteiger partial charge in [0.2, 0.25) is 0 Å². The van der Waals surface area contributed by atoms with E-state index in [1.165, 1.54) is 18.4 Å². The molecule has 3 rings (SSSR count). The first-order valence-electron chi connectivity index (χ1n) is 7.37. The van der Waals surface area contributed by atoms with Crippen molar-refractivity contribution < 1.29 is 4.74 Å². The van der Waals surface area contributed by atoms with Gasteiger partial charge in [0, 0.05) is 17.1 Å². The zero-order chi connectivity index (χ0) is 14.8. The third-order valence-corrected chi connectivity index (χ3v) is 4.85. The van der Waals surface area contributed by atoms with Crippen molar-refractivity contribution in [3.63, 3.8) is 0 Å². The van der Waals surface area contributed by atoms with E-state index in [1.807, 2.05) is 19.2 Å². The highest BCUT2D eigenvalue weighted by Gasteiger charge is 2.20. The Morgan fingerprint density at radius 3 is 2.86 bits per heavy atom. The minimum atomic E-state index is -0.172. The van der Waals surface area contributed by atoms with Gasteiger partial charge in [-0.1, -0.05) is 15.9 Å². The summed E-state index contributed by atoms with van der Waals surface area (Å²) in [6.45, 7) is 0.898. The number of ether oxygens (including phenoxy) is 1. The Bertz CT molecular complexity index is 673. The lowest BCUT2D eigenvalue weighted by Crippen LogP contribution is -2.19. The van der Waals surface area contributed by atoms with E-state index in [-0.39, 0.29) is 11.7 Å². The second kappa shape index (κ2) is 6.34. The Labute approximate surface area is 131 Å². The highest BCUT2D eigenvalue weighted by atomic mass is 79.9. The van der Waals surface area contributed by atoms with Gasteiger partial charge >= 0.3 is 5.69 Å². The number of hydrogen-bond acceptors (Lipinski definition) is 3. The van der Waals surface area contributed by atoms with Crippen molar-refractivity contribution in [3.05, 3.63) is 32.7 Å². The first-order chi connectivity index (χ1) is 10.2. The van der Waals surface area contributed by atoms with E-state index in [1.54, 1.807) is 0 Å². The number of rotatable bonds is 5. The van der Waals surface area contributed by atoms with Crippen LogP contribution in [-0.4, -0.2) is 29.7 Å². The van der Waals surface area contributed by atoms with Crippen molar-refractivity contribution in [2.45, 2.75) is 37.8 Å². The van der Waals surface area contributed by atoms with Crippen LogP contribution in [-0.2, 0) is 4.74 Å². The molecule has 2 atom stereocenters. The maximum atomic E-state index is 11.4. The topological polar surface area (TPSA) is 69.9 Å². The van der Waals surface area contributed by atoms with Gasteiger partial charge in [-0.05, 0) is 50.4 Å². The van der Waals surface area contributed by atoms with E-state index in [0.717, 1.165) is 35.0 Å². The van der Waals surface area contributed by atoms with Crippen LogP contribution in [0.5, 0.6) is 0 Å². The molecule has 6 heteroatoms. The summed E-state index contributed by atoms with van der Waals surface area (Å²) < 4.78 is 6.71. The molecule has 0 spiro atoms. The summed E-state index contributed by atoms with van der Waals surface area (Å²) in [5.41, 5.74) is 2.66. The first kappa shape index (κ1) is 14.8. The molecule has 5 nitrogen and oxygen atoms in total. The minimum absolute atomic E-state index is 0.172. The largest absolute Gasteiger partial charge is 0.378 e. The first-order valence-corrected chi connectivity index (χ1v) is 8.17. The van der Waals surface area contributed by atoms with E-state index < -0.39 is 0 Å². The molecule has 0 saturated carbocycles. The van der Waals surface area contributed by atoms with Gasteiger partial charge in [0.15, 0.2) is 0 Å². The van der Waals surface area contributed by atoms with Gasteiger partial charge in [0.1, 0.15) is 0 Å². The van der Waals surface area contributed by atoms with Gasteiger partial charge in [0.25, 0.3) is 0 Å². The molecule has 1 fully saturated rings. The molecule has 1 aromatic carbocycles.